The first-order chi connectivity index (χ1) is 10.1. The Morgan fingerprint density at radius 1 is 0.952 bits per heavy atom. The Hall–Kier alpha value is -2.68. The second-order valence-corrected chi connectivity index (χ2v) is 5.08. The predicted octanol–water partition coefficient (Wildman–Crippen LogP) is 3.32. The van der Waals surface area contributed by atoms with Gasteiger partial charge in [0.1, 0.15) is 0 Å². The monoisotopic (exact) mass is 277 g/mol. The Labute approximate surface area is 123 Å². The minimum atomic E-state index is -0.127. The molecule has 104 valence electrons. The van der Waals surface area contributed by atoms with Crippen molar-refractivity contribution in [2.45, 2.75) is 6.92 Å². The number of allylic oxidation sites excluding steroid dienone is 1. The molecule has 1 aliphatic rings. The van der Waals surface area contributed by atoms with E-state index in [0.717, 1.165) is 11.3 Å². The van der Waals surface area contributed by atoms with Crippen molar-refractivity contribution in [2.75, 3.05) is 11.9 Å². The molecule has 0 bridgehead atoms. The topological polar surface area (TPSA) is 37.4 Å². The highest BCUT2D eigenvalue weighted by Gasteiger charge is 2.32. The van der Waals surface area contributed by atoms with Crippen LogP contribution in [0.3, 0.4) is 0 Å². The summed E-state index contributed by atoms with van der Waals surface area (Å²) in [6.45, 7) is 1.72. The summed E-state index contributed by atoms with van der Waals surface area (Å²) in [5, 5.41) is 0. The van der Waals surface area contributed by atoms with Crippen molar-refractivity contribution in [3.63, 3.8) is 0 Å². The van der Waals surface area contributed by atoms with Crippen LogP contribution in [0.15, 0.2) is 60.2 Å². The lowest BCUT2D eigenvalue weighted by molar-refractivity contribution is -0.112. The Kier molecular flexibility index (Phi) is 3.18. The van der Waals surface area contributed by atoms with Gasteiger partial charge in [-0.2, -0.15) is 0 Å². The average molecular weight is 277 g/mol. The van der Waals surface area contributed by atoms with E-state index in [1.165, 1.54) is 0 Å². The van der Waals surface area contributed by atoms with Crippen LogP contribution in [0.5, 0.6) is 0 Å². The van der Waals surface area contributed by atoms with E-state index in [2.05, 4.69) is 0 Å². The number of Topliss-reactive ketones (excluding diaryl/α,β-unsaturated/α-hetero) is 1. The summed E-state index contributed by atoms with van der Waals surface area (Å²) < 4.78 is 0. The molecule has 0 saturated carbocycles. The first kappa shape index (κ1) is 13.3. The second-order valence-electron chi connectivity index (χ2n) is 5.08. The van der Waals surface area contributed by atoms with Crippen molar-refractivity contribution in [1.82, 2.24) is 0 Å². The number of benzene rings is 2. The number of amides is 1. The van der Waals surface area contributed by atoms with E-state index >= 15 is 0 Å². The van der Waals surface area contributed by atoms with Crippen molar-refractivity contribution in [3.05, 3.63) is 71.3 Å². The largest absolute Gasteiger partial charge is 0.311 e. The molecule has 21 heavy (non-hydrogen) atoms. The van der Waals surface area contributed by atoms with Gasteiger partial charge in [-0.3, -0.25) is 9.59 Å². The summed E-state index contributed by atoms with van der Waals surface area (Å²) in [6.07, 6.45) is 0. The number of carbonyl (C=O) groups is 2. The molecule has 0 radical (unpaired) electrons. The van der Waals surface area contributed by atoms with Gasteiger partial charge >= 0.3 is 0 Å². The molecule has 3 heteroatoms. The molecular weight excluding hydrogens is 262 g/mol. The molecule has 1 amide bonds. The average Bonchev–Trinajstić information content (AvgIpc) is 2.79. The number of para-hydroxylation sites is 1. The first-order valence-electron chi connectivity index (χ1n) is 6.79. The number of likely N-dealkylation sites (N-methyl/N-ethyl adjacent to an activating group) is 1. The van der Waals surface area contributed by atoms with E-state index in [-0.39, 0.29) is 11.7 Å². The quantitative estimate of drug-likeness (QED) is 0.624. The lowest BCUT2D eigenvalue weighted by Crippen LogP contribution is -2.21. The van der Waals surface area contributed by atoms with E-state index in [1.54, 1.807) is 31.0 Å². The molecule has 0 N–H and O–H groups in total. The summed E-state index contributed by atoms with van der Waals surface area (Å²) in [5.41, 5.74) is 3.26. The number of fused-ring (bicyclic) bond motifs is 1. The molecule has 0 atom stereocenters. The molecule has 2 aromatic rings. The summed E-state index contributed by atoms with van der Waals surface area (Å²) >= 11 is 0. The lowest BCUT2D eigenvalue weighted by atomic mass is 9.96. The number of rotatable bonds is 2. The molecule has 1 aliphatic heterocycles. The molecule has 0 spiro atoms. The zero-order chi connectivity index (χ0) is 15.0. The Morgan fingerprint density at radius 2 is 1.57 bits per heavy atom. The SMILES string of the molecule is C/C(C(=O)c1ccccc1)=C1\C(=O)N(C)c2ccccc21. The van der Waals surface area contributed by atoms with Gasteiger partial charge in [0, 0.05) is 23.7 Å². The second kappa shape index (κ2) is 5.02. The van der Waals surface area contributed by atoms with E-state index < -0.39 is 0 Å². The maximum Gasteiger partial charge on any atom is 0.259 e. The summed E-state index contributed by atoms with van der Waals surface area (Å²) in [7, 11) is 1.73. The number of hydrogen-bond acceptors (Lipinski definition) is 2. The number of ketones is 1. The van der Waals surface area contributed by atoms with Crippen LogP contribution in [0.2, 0.25) is 0 Å². The van der Waals surface area contributed by atoms with Crippen molar-refractivity contribution in [1.29, 1.82) is 0 Å². The first-order valence-corrected chi connectivity index (χ1v) is 6.79. The highest BCUT2D eigenvalue weighted by Crippen LogP contribution is 2.37. The van der Waals surface area contributed by atoms with Gasteiger partial charge in [0.2, 0.25) is 0 Å². The van der Waals surface area contributed by atoms with Crippen LogP contribution < -0.4 is 4.90 Å². The molecular formula is C18H15NO2. The van der Waals surface area contributed by atoms with Crippen molar-refractivity contribution >= 4 is 23.0 Å². The smallest absolute Gasteiger partial charge is 0.259 e. The molecule has 2 aromatic carbocycles. The normalized spacial score (nSPS) is 15.9. The van der Waals surface area contributed by atoms with Crippen molar-refractivity contribution < 1.29 is 9.59 Å². The molecule has 0 aliphatic carbocycles. The standard InChI is InChI=1S/C18H15NO2/c1-12(17(20)13-8-4-3-5-9-13)16-14-10-6-7-11-15(14)19(2)18(16)21/h3-11H,1-2H3/b16-12+. The van der Waals surface area contributed by atoms with Crippen LogP contribution in [0, 0.1) is 0 Å². The van der Waals surface area contributed by atoms with Gasteiger partial charge in [0.25, 0.3) is 5.91 Å². The van der Waals surface area contributed by atoms with Crippen LogP contribution in [-0.2, 0) is 4.79 Å². The van der Waals surface area contributed by atoms with E-state index in [0.29, 0.717) is 16.7 Å². The molecule has 3 nitrogen and oxygen atoms in total. The van der Waals surface area contributed by atoms with E-state index in [4.69, 9.17) is 0 Å². The fourth-order valence-corrected chi connectivity index (χ4v) is 2.65. The van der Waals surface area contributed by atoms with Gasteiger partial charge in [-0.25, -0.2) is 0 Å². The summed E-state index contributed by atoms with van der Waals surface area (Å²) in [5.74, 6) is -0.234. The number of hydrogen-bond donors (Lipinski definition) is 0. The molecule has 0 unspecified atom stereocenters. The maximum absolute atomic E-state index is 12.6. The van der Waals surface area contributed by atoms with Crippen LogP contribution in [-0.4, -0.2) is 18.7 Å². The third-order valence-electron chi connectivity index (χ3n) is 3.80. The Bertz CT molecular complexity index is 760. The van der Waals surface area contributed by atoms with E-state index in [9.17, 15) is 9.59 Å². The zero-order valence-electron chi connectivity index (χ0n) is 12.0. The van der Waals surface area contributed by atoms with Gasteiger partial charge in [-0.15, -0.1) is 0 Å². The van der Waals surface area contributed by atoms with Gasteiger partial charge in [-0.05, 0) is 13.0 Å². The van der Waals surface area contributed by atoms with Gasteiger partial charge in [0.15, 0.2) is 5.78 Å². The van der Waals surface area contributed by atoms with Crippen LogP contribution >= 0.6 is 0 Å². The van der Waals surface area contributed by atoms with Gasteiger partial charge in [0.05, 0.1) is 11.3 Å². The molecule has 0 saturated heterocycles. The van der Waals surface area contributed by atoms with Crippen LogP contribution in [0.1, 0.15) is 22.8 Å². The highest BCUT2D eigenvalue weighted by atomic mass is 16.2. The third-order valence-corrected chi connectivity index (χ3v) is 3.80. The highest BCUT2D eigenvalue weighted by molar-refractivity contribution is 6.37. The number of carbonyl (C=O) groups excluding carboxylic acids is 2. The van der Waals surface area contributed by atoms with Gasteiger partial charge in [-0.1, -0.05) is 48.5 Å². The number of anilines is 1. The predicted molar refractivity (Wildman–Crippen MR) is 83.2 cm³/mol. The molecule has 3 rings (SSSR count). The van der Waals surface area contributed by atoms with E-state index in [1.807, 2.05) is 42.5 Å². The van der Waals surface area contributed by atoms with Crippen LogP contribution in [0.25, 0.3) is 5.57 Å². The minimum Gasteiger partial charge on any atom is -0.311 e. The molecule has 1 heterocycles. The third kappa shape index (κ3) is 2.07. The fourth-order valence-electron chi connectivity index (χ4n) is 2.65. The van der Waals surface area contributed by atoms with Crippen molar-refractivity contribution in [2.24, 2.45) is 0 Å². The van der Waals surface area contributed by atoms with Crippen molar-refractivity contribution in [3.8, 4) is 0 Å². The molecule has 0 aromatic heterocycles. The van der Waals surface area contributed by atoms with Crippen LogP contribution in [0.4, 0.5) is 5.69 Å². The Balaban J connectivity index is 2.14. The lowest BCUT2D eigenvalue weighted by Gasteiger charge is -2.08. The fraction of sp³-hybridized carbons (Fsp3) is 0.111. The summed E-state index contributed by atoms with van der Waals surface area (Å²) in [6, 6.07) is 16.6. The minimum absolute atomic E-state index is 0.107. The molecule has 0 fully saturated rings. The Morgan fingerprint density at radius 3 is 2.29 bits per heavy atom. The van der Waals surface area contributed by atoms with Gasteiger partial charge < -0.3 is 4.90 Å². The maximum atomic E-state index is 12.6. The number of nitrogens with zero attached hydrogens (tertiary/aromatic N) is 1. The summed E-state index contributed by atoms with van der Waals surface area (Å²) in [4.78, 5) is 26.6. The zero-order valence-corrected chi connectivity index (χ0v) is 12.0.